The molecule has 1 atom stereocenters. The Hall–Kier alpha value is -2.19. The van der Waals surface area contributed by atoms with E-state index in [0.717, 1.165) is 48.1 Å². The summed E-state index contributed by atoms with van der Waals surface area (Å²) in [5.41, 5.74) is 1.98. The van der Waals surface area contributed by atoms with E-state index in [1.54, 1.807) is 34.8 Å². The predicted molar refractivity (Wildman–Crippen MR) is 97.2 cm³/mol. The monoisotopic (exact) mass is 373 g/mol. The van der Waals surface area contributed by atoms with Crippen LogP contribution in [-0.2, 0) is 24.1 Å². The maximum absolute atomic E-state index is 13.1. The fourth-order valence-corrected chi connectivity index (χ4v) is 3.93. The van der Waals surface area contributed by atoms with Crippen molar-refractivity contribution in [2.45, 2.75) is 36.4 Å². The number of hydrogen-bond acceptors (Lipinski definition) is 5. The summed E-state index contributed by atoms with van der Waals surface area (Å²) in [5.74, 6) is 1.28. The molecule has 3 aromatic rings. The zero-order valence-corrected chi connectivity index (χ0v) is 15.3. The Balaban J connectivity index is 1.58. The molecule has 2 aromatic heterocycles. The standard InChI is InChI=1S/C18H20FN5OS/c1-23-10-14(9-20-23)17-21-22-18(24(17)11-16-3-2-8-25-16)26-12-13-4-6-15(19)7-5-13/h4-7,9-10,16H,2-3,8,11-12H2,1H3. The van der Waals surface area contributed by atoms with Gasteiger partial charge in [0.15, 0.2) is 11.0 Å². The molecule has 1 fully saturated rings. The molecule has 0 amide bonds. The summed E-state index contributed by atoms with van der Waals surface area (Å²) < 4.78 is 22.8. The molecule has 1 unspecified atom stereocenters. The van der Waals surface area contributed by atoms with Gasteiger partial charge in [-0.1, -0.05) is 23.9 Å². The third-order valence-electron chi connectivity index (χ3n) is 4.37. The Bertz CT molecular complexity index is 870. The highest BCUT2D eigenvalue weighted by Crippen LogP contribution is 2.28. The number of halogens is 1. The maximum Gasteiger partial charge on any atom is 0.191 e. The van der Waals surface area contributed by atoms with E-state index in [-0.39, 0.29) is 11.9 Å². The lowest BCUT2D eigenvalue weighted by Crippen LogP contribution is -2.16. The van der Waals surface area contributed by atoms with Crippen molar-refractivity contribution in [1.29, 1.82) is 0 Å². The first-order chi connectivity index (χ1) is 12.7. The lowest BCUT2D eigenvalue weighted by atomic mass is 10.2. The largest absolute Gasteiger partial charge is 0.376 e. The van der Waals surface area contributed by atoms with Crippen molar-refractivity contribution in [2.24, 2.45) is 7.05 Å². The van der Waals surface area contributed by atoms with E-state index in [9.17, 15) is 4.39 Å². The second-order valence-electron chi connectivity index (χ2n) is 6.37. The predicted octanol–water partition coefficient (Wildman–Crippen LogP) is 3.29. The SMILES string of the molecule is Cn1cc(-c2nnc(SCc3ccc(F)cc3)n2CC2CCCO2)cn1. The summed E-state index contributed by atoms with van der Waals surface area (Å²) in [6.07, 6.45) is 6.06. The third kappa shape index (κ3) is 3.81. The van der Waals surface area contributed by atoms with E-state index in [2.05, 4.69) is 19.9 Å². The molecule has 0 spiro atoms. The first-order valence-corrected chi connectivity index (χ1v) is 9.58. The van der Waals surface area contributed by atoms with Gasteiger partial charge in [0.25, 0.3) is 0 Å². The lowest BCUT2D eigenvalue weighted by molar-refractivity contribution is 0.0953. The van der Waals surface area contributed by atoms with E-state index in [0.29, 0.717) is 5.75 Å². The average molecular weight is 373 g/mol. The van der Waals surface area contributed by atoms with Gasteiger partial charge in [0.2, 0.25) is 0 Å². The summed E-state index contributed by atoms with van der Waals surface area (Å²) in [5, 5.41) is 13.9. The van der Waals surface area contributed by atoms with Gasteiger partial charge >= 0.3 is 0 Å². The summed E-state index contributed by atoms with van der Waals surface area (Å²) >= 11 is 1.60. The summed E-state index contributed by atoms with van der Waals surface area (Å²) in [6, 6.07) is 6.55. The Kier molecular flexibility index (Phi) is 5.03. The third-order valence-corrected chi connectivity index (χ3v) is 5.41. The van der Waals surface area contributed by atoms with Crippen molar-refractivity contribution in [3.8, 4) is 11.4 Å². The van der Waals surface area contributed by atoms with Crippen LogP contribution < -0.4 is 0 Å². The van der Waals surface area contributed by atoms with Crippen LogP contribution in [0.15, 0.2) is 41.8 Å². The Morgan fingerprint density at radius 3 is 2.81 bits per heavy atom. The first-order valence-electron chi connectivity index (χ1n) is 8.60. The van der Waals surface area contributed by atoms with Crippen molar-refractivity contribution >= 4 is 11.8 Å². The number of nitrogens with zero attached hydrogens (tertiary/aromatic N) is 5. The van der Waals surface area contributed by atoms with Crippen molar-refractivity contribution in [3.05, 3.63) is 48.0 Å². The van der Waals surface area contributed by atoms with E-state index < -0.39 is 0 Å². The minimum absolute atomic E-state index is 0.187. The molecular formula is C18H20FN5OS. The first kappa shape index (κ1) is 17.2. The van der Waals surface area contributed by atoms with Gasteiger partial charge in [0.05, 0.1) is 24.4 Å². The molecule has 1 aromatic carbocycles. The molecule has 0 aliphatic carbocycles. The smallest absolute Gasteiger partial charge is 0.191 e. The van der Waals surface area contributed by atoms with Gasteiger partial charge in [-0.2, -0.15) is 5.10 Å². The van der Waals surface area contributed by atoms with Gasteiger partial charge in [-0.3, -0.25) is 9.25 Å². The van der Waals surface area contributed by atoms with Crippen LogP contribution in [0, 0.1) is 5.82 Å². The van der Waals surface area contributed by atoms with E-state index in [1.165, 1.54) is 12.1 Å². The number of ether oxygens (including phenoxy) is 1. The number of hydrogen-bond donors (Lipinski definition) is 0. The fourth-order valence-electron chi connectivity index (χ4n) is 3.03. The number of aryl methyl sites for hydroxylation is 1. The van der Waals surface area contributed by atoms with Crippen LogP contribution in [0.2, 0.25) is 0 Å². The quantitative estimate of drug-likeness (QED) is 0.621. The highest BCUT2D eigenvalue weighted by molar-refractivity contribution is 7.98. The Morgan fingerprint density at radius 2 is 2.12 bits per heavy atom. The Labute approximate surface area is 155 Å². The topological polar surface area (TPSA) is 57.8 Å². The van der Waals surface area contributed by atoms with Gasteiger partial charge in [-0.15, -0.1) is 10.2 Å². The molecule has 4 rings (SSSR count). The van der Waals surface area contributed by atoms with Crippen LogP contribution in [0.1, 0.15) is 18.4 Å². The molecule has 26 heavy (non-hydrogen) atoms. The van der Waals surface area contributed by atoms with Crippen LogP contribution in [0.4, 0.5) is 4.39 Å². The highest BCUT2D eigenvalue weighted by Gasteiger charge is 2.22. The van der Waals surface area contributed by atoms with Crippen LogP contribution >= 0.6 is 11.8 Å². The van der Waals surface area contributed by atoms with Gasteiger partial charge in [-0.05, 0) is 30.5 Å². The molecule has 0 N–H and O–H groups in total. The maximum atomic E-state index is 13.1. The number of thioether (sulfide) groups is 1. The summed E-state index contributed by atoms with van der Waals surface area (Å²) in [7, 11) is 1.88. The number of aromatic nitrogens is 5. The highest BCUT2D eigenvalue weighted by atomic mass is 32.2. The molecular weight excluding hydrogens is 353 g/mol. The number of rotatable bonds is 6. The second kappa shape index (κ2) is 7.59. The molecule has 3 heterocycles. The zero-order valence-electron chi connectivity index (χ0n) is 14.5. The van der Waals surface area contributed by atoms with Gasteiger partial charge in [0.1, 0.15) is 5.82 Å². The Morgan fingerprint density at radius 1 is 1.27 bits per heavy atom. The molecule has 0 saturated carbocycles. The fraction of sp³-hybridized carbons (Fsp3) is 0.389. The molecule has 1 aliphatic heterocycles. The van der Waals surface area contributed by atoms with Crippen molar-refractivity contribution in [2.75, 3.05) is 6.61 Å². The average Bonchev–Trinajstić information content (AvgIpc) is 3.37. The van der Waals surface area contributed by atoms with Crippen LogP contribution in [0.5, 0.6) is 0 Å². The molecule has 8 heteroatoms. The molecule has 6 nitrogen and oxygen atoms in total. The summed E-state index contributed by atoms with van der Waals surface area (Å²) in [6.45, 7) is 1.54. The molecule has 0 radical (unpaired) electrons. The van der Waals surface area contributed by atoms with Gasteiger partial charge in [0, 0.05) is 25.6 Å². The van der Waals surface area contributed by atoms with Crippen LogP contribution in [-0.4, -0.2) is 37.3 Å². The molecule has 136 valence electrons. The minimum Gasteiger partial charge on any atom is -0.376 e. The van der Waals surface area contributed by atoms with Crippen molar-refractivity contribution < 1.29 is 9.13 Å². The van der Waals surface area contributed by atoms with Crippen LogP contribution in [0.3, 0.4) is 0 Å². The van der Waals surface area contributed by atoms with Gasteiger partial charge in [-0.25, -0.2) is 4.39 Å². The number of benzene rings is 1. The molecule has 1 saturated heterocycles. The molecule has 1 aliphatic rings. The molecule has 0 bridgehead atoms. The minimum atomic E-state index is -0.223. The van der Waals surface area contributed by atoms with E-state index in [4.69, 9.17) is 4.74 Å². The van der Waals surface area contributed by atoms with Crippen molar-refractivity contribution in [1.82, 2.24) is 24.5 Å². The lowest BCUT2D eigenvalue weighted by Gasteiger charge is -2.14. The summed E-state index contributed by atoms with van der Waals surface area (Å²) in [4.78, 5) is 0. The second-order valence-corrected chi connectivity index (χ2v) is 7.31. The van der Waals surface area contributed by atoms with Crippen molar-refractivity contribution in [3.63, 3.8) is 0 Å². The zero-order chi connectivity index (χ0) is 17.9. The van der Waals surface area contributed by atoms with Crippen LogP contribution in [0.25, 0.3) is 11.4 Å². The van der Waals surface area contributed by atoms with E-state index in [1.807, 2.05) is 13.2 Å². The normalized spacial score (nSPS) is 17.1. The van der Waals surface area contributed by atoms with Gasteiger partial charge < -0.3 is 4.74 Å². The van der Waals surface area contributed by atoms with E-state index >= 15 is 0 Å².